The Morgan fingerprint density at radius 3 is 2.52 bits per heavy atom. The topological polar surface area (TPSA) is 101 Å². The highest BCUT2D eigenvalue weighted by molar-refractivity contribution is 7.92. The maximum atomic E-state index is 12.4. The van der Waals surface area contributed by atoms with Crippen molar-refractivity contribution in [3.8, 4) is 0 Å². The molecule has 7 heteroatoms. The molecule has 0 heterocycles. The Hall–Kier alpha value is -1.60. The predicted octanol–water partition coefficient (Wildman–Crippen LogP) is 1.58. The lowest BCUT2D eigenvalue weighted by atomic mass is 9.74. The summed E-state index contributed by atoms with van der Waals surface area (Å²) in [6.07, 6.45) is 4.92. The summed E-state index contributed by atoms with van der Waals surface area (Å²) in [6.45, 7) is 2.35. The van der Waals surface area contributed by atoms with E-state index < -0.39 is 15.6 Å². The highest BCUT2D eigenvalue weighted by Crippen LogP contribution is 2.31. The monoisotopic (exact) mass is 339 g/mol. The summed E-state index contributed by atoms with van der Waals surface area (Å²) in [7, 11) is -3.28. The van der Waals surface area contributed by atoms with Crippen LogP contribution in [0.4, 0.5) is 5.69 Å². The summed E-state index contributed by atoms with van der Waals surface area (Å²) in [5.41, 5.74) is 7.22. The fourth-order valence-electron chi connectivity index (χ4n) is 3.01. The quantitative estimate of drug-likeness (QED) is 0.758. The Labute approximate surface area is 137 Å². The summed E-state index contributed by atoms with van der Waals surface area (Å²) < 4.78 is 24.7. The van der Waals surface area contributed by atoms with Crippen molar-refractivity contribution in [2.24, 2.45) is 11.7 Å². The molecule has 0 radical (unpaired) electrons. The van der Waals surface area contributed by atoms with Gasteiger partial charge in [-0.1, -0.05) is 25.0 Å². The summed E-state index contributed by atoms with van der Waals surface area (Å²) >= 11 is 0. The molecule has 2 atom stereocenters. The first-order chi connectivity index (χ1) is 10.7. The van der Waals surface area contributed by atoms with E-state index in [1.165, 1.54) is 0 Å². The van der Waals surface area contributed by atoms with E-state index in [0.717, 1.165) is 37.5 Å². The Balaban J connectivity index is 1.91. The second-order valence-electron chi connectivity index (χ2n) is 6.59. The van der Waals surface area contributed by atoms with Crippen molar-refractivity contribution in [1.29, 1.82) is 0 Å². The number of carbonyl (C=O) groups is 1. The van der Waals surface area contributed by atoms with E-state index in [2.05, 4.69) is 10.0 Å². The number of nitrogens with one attached hydrogen (secondary N) is 2. The van der Waals surface area contributed by atoms with Crippen molar-refractivity contribution >= 4 is 21.6 Å². The Morgan fingerprint density at radius 2 is 1.96 bits per heavy atom. The van der Waals surface area contributed by atoms with E-state index in [1.807, 2.05) is 6.92 Å². The number of hydrogen-bond acceptors (Lipinski definition) is 4. The van der Waals surface area contributed by atoms with Gasteiger partial charge in [0.05, 0.1) is 12.2 Å². The number of rotatable bonds is 5. The smallest absolute Gasteiger partial charge is 0.229 e. The number of amides is 1. The summed E-state index contributed by atoms with van der Waals surface area (Å²) in [5.74, 6) is -0.157. The molecule has 1 saturated carbocycles. The van der Waals surface area contributed by atoms with Crippen molar-refractivity contribution in [1.82, 2.24) is 5.32 Å². The van der Waals surface area contributed by atoms with Crippen LogP contribution in [0.15, 0.2) is 24.3 Å². The van der Waals surface area contributed by atoms with Crippen molar-refractivity contribution in [3.05, 3.63) is 29.8 Å². The molecule has 2 rings (SSSR count). The lowest BCUT2D eigenvalue weighted by Gasteiger charge is -2.37. The van der Waals surface area contributed by atoms with Crippen molar-refractivity contribution in [2.75, 3.05) is 11.0 Å². The van der Waals surface area contributed by atoms with Gasteiger partial charge in [-0.05, 0) is 37.5 Å². The van der Waals surface area contributed by atoms with Crippen LogP contribution < -0.4 is 15.8 Å². The van der Waals surface area contributed by atoms with Crippen LogP contribution in [0.5, 0.6) is 0 Å². The lowest BCUT2D eigenvalue weighted by molar-refractivity contribution is -0.128. The molecular weight excluding hydrogens is 314 g/mol. The van der Waals surface area contributed by atoms with Crippen LogP contribution in [-0.4, -0.2) is 26.1 Å². The van der Waals surface area contributed by atoms with E-state index in [1.54, 1.807) is 24.3 Å². The second-order valence-corrected chi connectivity index (χ2v) is 8.34. The summed E-state index contributed by atoms with van der Waals surface area (Å²) in [5, 5.41) is 2.93. The zero-order valence-electron chi connectivity index (χ0n) is 13.6. The molecule has 6 nitrogen and oxygen atoms in total. The Kier molecular flexibility index (Phi) is 5.31. The van der Waals surface area contributed by atoms with Gasteiger partial charge in [0.25, 0.3) is 0 Å². The molecule has 1 amide bonds. The zero-order chi connectivity index (χ0) is 17.1. The molecule has 0 aliphatic heterocycles. The SMILES string of the molecule is CC1(N)CCCCC1C(=O)NCc1ccc(NS(C)(=O)=O)cc1. The van der Waals surface area contributed by atoms with Gasteiger partial charge in [-0.25, -0.2) is 8.42 Å². The maximum Gasteiger partial charge on any atom is 0.229 e. The highest BCUT2D eigenvalue weighted by atomic mass is 32.2. The van der Waals surface area contributed by atoms with Gasteiger partial charge in [-0.3, -0.25) is 9.52 Å². The molecule has 1 aliphatic carbocycles. The molecule has 1 aromatic rings. The Bertz CT molecular complexity index is 654. The standard InChI is InChI=1S/C16H25N3O3S/c1-16(17)10-4-3-5-14(16)15(20)18-11-12-6-8-13(9-7-12)19-23(2,21)22/h6-9,14,19H,3-5,10-11,17H2,1-2H3,(H,18,20). The number of carbonyl (C=O) groups excluding carboxylic acids is 1. The van der Waals surface area contributed by atoms with Gasteiger partial charge in [0.15, 0.2) is 0 Å². The molecule has 2 unspecified atom stereocenters. The van der Waals surface area contributed by atoms with Gasteiger partial charge in [0, 0.05) is 17.8 Å². The minimum atomic E-state index is -3.28. The van der Waals surface area contributed by atoms with Crippen LogP contribution in [0.2, 0.25) is 0 Å². The first-order valence-electron chi connectivity index (χ1n) is 7.81. The van der Waals surface area contributed by atoms with Crippen LogP contribution >= 0.6 is 0 Å². The van der Waals surface area contributed by atoms with Crippen LogP contribution in [0.25, 0.3) is 0 Å². The molecule has 0 spiro atoms. The second kappa shape index (κ2) is 6.88. The third-order valence-corrected chi connectivity index (χ3v) is 4.90. The molecule has 1 fully saturated rings. The molecule has 23 heavy (non-hydrogen) atoms. The van der Waals surface area contributed by atoms with E-state index >= 15 is 0 Å². The molecule has 0 aromatic heterocycles. The van der Waals surface area contributed by atoms with Gasteiger partial charge in [-0.2, -0.15) is 0 Å². The largest absolute Gasteiger partial charge is 0.352 e. The summed E-state index contributed by atoms with van der Waals surface area (Å²) in [4.78, 5) is 12.4. The van der Waals surface area contributed by atoms with Crippen molar-refractivity contribution in [2.45, 2.75) is 44.7 Å². The molecule has 0 saturated heterocycles. The van der Waals surface area contributed by atoms with Crippen LogP contribution in [0, 0.1) is 5.92 Å². The van der Waals surface area contributed by atoms with E-state index in [4.69, 9.17) is 5.73 Å². The Morgan fingerprint density at radius 1 is 1.30 bits per heavy atom. The third kappa shape index (κ3) is 5.21. The number of benzene rings is 1. The van der Waals surface area contributed by atoms with Crippen LogP contribution in [-0.2, 0) is 21.4 Å². The average Bonchev–Trinajstić information content (AvgIpc) is 2.44. The molecule has 1 aromatic carbocycles. The van der Waals surface area contributed by atoms with Gasteiger partial charge in [-0.15, -0.1) is 0 Å². The number of anilines is 1. The van der Waals surface area contributed by atoms with Crippen LogP contribution in [0.1, 0.15) is 38.2 Å². The zero-order valence-corrected chi connectivity index (χ0v) is 14.4. The van der Waals surface area contributed by atoms with Gasteiger partial charge in [0.1, 0.15) is 0 Å². The first-order valence-corrected chi connectivity index (χ1v) is 9.70. The molecule has 128 valence electrons. The normalized spacial score (nSPS) is 24.9. The molecule has 0 bridgehead atoms. The van der Waals surface area contributed by atoms with E-state index in [9.17, 15) is 13.2 Å². The minimum Gasteiger partial charge on any atom is -0.352 e. The van der Waals surface area contributed by atoms with Crippen molar-refractivity contribution in [3.63, 3.8) is 0 Å². The third-order valence-electron chi connectivity index (χ3n) is 4.29. The first kappa shape index (κ1) is 17.7. The number of hydrogen-bond donors (Lipinski definition) is 3. The lowest BCUT2D eigenvalue weighted by Crippen LogP contribution is -2.52. The molecular formula is C16H25N3O3S. The maximum absolute atomic E-state index is 12.4. The van der Waals surface area contributed by atoms with E-state index in [0.29, 0.717) is 12.2 Å². The fraction of sp³-hybridized carbons (Fsp3) is 0.562. The molecule has 4 N–H and O–H groups in total. The van der Waals surface area contributed by atoms with Crippen molar-refractivity contribution < 1.29 is 13.2 Å². The molecule has 1 aliphatic rings. The van der Waals surface area contributed by atoms with Gasteiger partial charge in [0.2, 0.25) is 15.9 Å². The predicted molar refractivity (Wildman–Crippen MR) is 91.3 cm³/mol. The van der Waals surface area contributed by atoms with Gasteiger partial charge < -0.3 is 11.1 Å². The van der Waals surface area contributed by atoms with Crippen LogP contribution in [0.3, 0.4) is 0 Å². The van der Waals surface area contributed by atoms with Gasteiger partial charge >= 0.3 is 0 Å². The minimum absolute atomic E-state index is 0.00645. The summed E-state index contributed by atoms with van der Waals surface area (Å²) in [6, 6.07) is 6.93. The average molecular weight is 339 g/mol. The highest BCUT2D eigenvalue weighted by Gasteiger charge is 2.37. The number of nitrogens with two attached hydrogens (primary N) is 1. The van der Waals surface area contributed by atoms with E-state index in [-0.39, 0.29) is 11.8 Å². The number of sulfonamides is 1. The fourth-order valence-corrected chi connectivity index (χ4v) is 3.57.